The van der Waals surface area contributed by atoms with Crippen molar-refractivity contribution >= 4 is 28.6 Å². The van der Waals surface area contributed by atoms with E-state index < -0.39 is 0 Å². The molecular formula is C20H29N3O4S. The van der Waals surface area contributed by atoms with E-state index in [-0.39, 0.29) is 29.4 Å². The van der Waals surface area contributed by atoms with Crippen LogP contribution in [0.1, 0.15) is 27.2 Å². The lowest BCUT2D eigenvalue weighted by atomic mass is 10.2. The molecule has 28 heavy (non-hydrogen) atoms. The first-order chi connectivity index (χ1) is 13.4. The fraction of sp³-hybridized carbons (Fsp3) is 0.550. The van der Waals surface area contributed by atoms with Crippen molar-refractivity contribution in [2.24, 2.45) is 0 Å². The Balaban J connectivity index is 2.16. The SMILES string of the molecule is COCC(C)NC(=O)CSc1nc2ccccc2c(=O)n1CCCOC(C)C. The lowest BCUT2D eigenvalue weighted by Gasteiger charge is -2.15. The maximum Gasteiger partial charge on any atom is 0.262 e. The second-order valence-electron chi connectivity index (χ2n) is 6.85. The van der Waals surface area contributed by atoms with E-state index in [9.17, 15) is 9.59 Å². The molecule has 8 heteroatoms. The Bertz CT molecular complexity index is 838. The monoisotopic (exact) mass is 407 g/mol. The van der Waals surface area contributed by atoms with Crippen molar-refractivity contribution in [3.8, 4) is 0 Å². The molecule has 0 aliphatic rings. The number of methoxy groups -OCH3 is 1. The van der Waals surface area contributed by atoms with Crippen LogP contribution in [-0.2, 0) is 20.8 Å². The summed E-state index contributed by atoms with van der Waals surface area (Å²) in [5.74, 6) is 0.0630. The predicted octanol–water partition coefficient (Wildman–Crippen LogP) is 2.45. The highest BCUT2D eigenvalue weighted by Gasteiger charge is 2.14. The van der Waals surface area contributed by atoms with Crippen molar-refractivity contribution in [1.82, 2.24) is 14.9 Å². The number of carbonyl (C=O) groups excluding carboxylic acids is 1. The van der Waals surface area contributed by atoms with E-state index in [0.717, 1.165) is 0 Å². The van der Waals surface area contributed by atoms with E-state index in [1.807, 2.05) is 39.0 Å². The number of benzene rings is 1. The van der Waals surface area contributed by atoms with Crippen LogP contribution in [0.5, 0.6) is 0 Å². The van der Waals surface area contributed by atoms with E-state index in [2.05, 4.69) is 10.3 Å². The fourth-order valence-electron chi connectivity index (χ4n) is 2.73. The van der Waals surface area contributed by atoms with Crippen LogP contribution in [0.2, 0.25) is 0 Å². The van der Waals surface area contributed by atoms with Gasteiger partial charge in [0.1, 0.15) is 0 Å². The van der Waals surface area contributed by atoms with Crippen LogP contribution >= 0.6 is 11.8 Å². The van der Waals surface area contributed by atoms with Gasteiger partial charge in [0.25, 0.3) is 5.56 Å². The molecule has 7 nitrogen and oxygen atoms in total. The standard InChI is InChI=1S/C20H29N3O4S/c1-14(2)27-11-7-10-23-19(25)16-8-5-6-9-17(16)22-20(23)28-13-18(24)21-15(3)12-26-4/h5-6,8-9,14-15H,7,10-13H2,1-4H3,(H,21,24). The number of hydrogen-bond donors (Lipinski definition) is 1. The van der Waals surface area contributed by atoms with Gasteiger partial charge in [0.05, 0.1) is 29.4 Å². The lowest BCUT2D eigenvalue weighted by Crippen LogP contribution is -2.36. The van der Waals surface area contributed by atoms with Gasteiger partial charge in [-0.05, 0) is 39.3 Å². The minimum atomic E-state index is -0.119. The van der Waals surface area contributed by atoms with Crippen molar-refractivity contribution in [3.63, 3.8) is 0 Å². The maximum absolute atomic E-state index is 12.9. The quantitative estimate of drug-likeness (QED) is 0.350. The molecule has 0 aliphatic heterocycles. The number of para-hydroxylation sites is 1. The van der Waals surface area contributed by atoms with Gasteiger partial charge in [0.15, 0.2) is 5.16 Å². The topological polar surface area (TPSA) is 82.5 Å². The van der Waals surface area contributed by atoms with Gasteiger partial charge < -0.3 is 14.8 Å². The average molecular weight is 408 g/mol. The van der Waals surface area contributed by atoms with Crippen molar-refractivity contribution < 1.29 is 14.3 Å². The van der Waals surface area contributed by atoms with E-state index in [1.165, 1.54) is 11.8 Å². The van der Waals surface area contributed by atoms with Gasteiger partial charge in [-0.2, -0.15) is 0 Å². The third kappa shape index (κ3) is 6.61. The summed E-state index contributed by atoms with van der Waals surface area (Å²) in [5, 5.41) is 3.99. The van der Waals surface area contributed by atoms with E-state index >= 15 is 0 Å². The van der Waals surface area contributed by atoms with Crippen molar-refractivity contribution in [3.05, 3.63) is 34.6 Å². The Labute approximate surface area is 169 Å². The molecule has 1 heterocycles. The molecule has 0 aliphatic carbocycles. The summed E-state index contributed by atoms with van der Waals surface area (Å²) in [6.07, 6.45) is 0.848. The molecule has 0 spiro atoms. The first-order valence-electron chi connectivity index (χ1n) is 9.44. The third-order valence-electron chi connectivity index (χ3n) is 3.96. The largest absolute Gasteiger partial charge is 0.383 e. The van der Waals surface area contributed by atoms with Crippen molar-refractivity contribution in [1.29, 1.82) is 0 Å². The molecule has 154 valence electrons. The van der Waals surface area contributed by atoms with Gasteiger partial charge in [0, 0.05) is 26.3 Å². The van der Waals surface area contributed by atoms with Crippen LogP contribution in [0.4, 0.5) is 0 Å². The number of rotatable bonds is 11. The Morgan fingerprint density at radius 2 is 2.04 bits per heavy atom. The molecule has 1 aromatic carbocycles. The lowest BCUT2D eigenvalue weighted by molar-refractivity contribution is -0.119. The van der Waals surface area contributed by atoms with Gasteiger partial charge in [-0.25, -0.2) is 4.98 Å². The highest BCUT2D eigenvalue weighted by atomic mass is 32.2. The molecule has 0 bridgehead atoms. The van der Waals surface area contributed by atoms with Gasteiger partial charge in [-0.15, -0.1) is 0 Å². The molecule has 1 atom stereocenters. The molecule has 0 radical (unpaired) electrons. The summed E-state index contributed by atoms with van der Waals surface area (Å²) in [6, 6.07) is 7.20. The Morgan fingerprint density at radius 3 is 2.75 bits per heavy atom. The highest BCUT2D eigenvalue weighted by Crippen LogP contribution is 2.18. The summed E-state index contributed by atoms with van der Waals surface area (Å²) in [5.41, 5.74) is 0.545. The number of hydrogen-bond acceptors (Lipinski definition) is 6. The summed E-state index contributed by atoms with van der Waals surface area (Å²) in [6.45, 7) is 7.35. The second-order valence-corrected chi connectivity index (χ2v) is 7.80. The zero-order chi connectivity index (χ0) is 20.5. The second kappa shape index (κ2) is 11.2. The van der Waals surface area contributed by atoms with Crippen LogP contribution < -0.4 is 10.9 Å². The van der Waals surface area contributed by atoms with Crippen LogP contribution in [0.25, 0.3) is 10.9 Å². The molecule has 2 aromatic rings. The molecule has 2 rings (SSSR count). The summed E-state index contributed by atoms with van der Waals surface area (Å²) < 4.78 is 12.2. The van der Waals surface area contributed by atoms with E-state index in [1.54, 1.807) is 17.7 Å². The number of carbonyl (C=O) groups is 1. The number of nitrogens with one attached hydrogen (secondary N) is 1. The van der Waals surface area contributed by atoms with Crippen LogP contribution in [-0.4, -0.2) is 53.7 Å². The van der Waals surface area contributed by atoms with Gasteiger partial charge in [-0.1, -0.05) is 23.9 Å². The minimum absolute atomic E-state index is 0.0713. The molecule has 1 aromatic heterocycles. The van der Waals surface area contributed by atoms with Crippen molar-refractivity contribution in [2.75, 3.05) is 26.1 Å². The van der Waals surface area contributed by atoms with Crippen LogP contribution in [0.3, 0.4) is 0 Å². The van der Waals surface area contributed by atoms with Gasteiger partial charge in [0.2, 0.25) is 5.91 Å². The average Bonchev–Trinajstić information content (AvgIpc) is 2.65. The fourth-order valence-corrected chi connectivity index (χ4v) is 3.57. The minimum Gasteiger partial charge on any atom is -0.383 e. The molecular weight excluding hydrogens is 378 g/mol. The number of ether oxygens (including phenoxy) is 2. The van der Waals surface area contributed by atoms with Gasteiger partial charge in [-0.3, -0.25) is 14.2 Å². The van der Waals surface area contributed by atoms with E-state index in [4.69, 9.17) is 9.47 Å². The number of nitrogens with zero attached hydrogens (tertiary/aromatic N) is 2. The smallest absolute Gasteiger partial charge is 0.262 e. The van der Waals surface area contributed by atoms with E-state index in [0.29, 0.717) is 42.2 Å². The van der Waals surface area contributed by atoms with Crippen LogP contribution in [0, 0.1) is 0 Å². The summed E-state index contributed by atoms with van der Waals surface area (Å²) in [4.78, 5) is 29.7. The number of amides is 1. The maximum atomic E-state index is 12.9. The molecule has 0 fully saturated rings. The summed E-state index contributed by atoms with van der Waals surface area (Å²) >= 11 is 1.27. The molecule has 0 saturated carbocycles. The zero-order valence-electron chi connectivity index (χ0n) is 16.9. The van der Waals surface area contributed by atoms with Crippen molar-refractivity contribution in [2.45, 2.75) is 51.0 Å². The number of fused-ring (bicyclic) bond motifs is 1. The third-order valence-corrected chi connectivity index (χ3v) is 4.94. The predicted molar refractivity (Wildman–Crippen MR) is 112 cm³/mol. The van der Waals surface area contributed by atoms with Crippen LogP contribution in [0.15, 0.2) is 34.2 Å². The molecule has 1 unspecified atom stereocenters. The summed E-state index contributed by atoms with van der Waals surface area (Å²) in [7, 11) is 1.60. The number of thioether (sulfide) groups is 1. The Hall–Kier alpha value is -1.90. The molecule has 0 saturated heterocycles. The molecule has 1 N–H and O–H groups in total. The Kier molecular flexibility index (Phi) is 8.95. The first-order valence-corrected chi connectivity index (χ1v) is 10.4. The normalized spacial score (nSPS) is 12.5. The van der Waals surface area contributed by atoms with Gasteiger partial charge >= 0.3 is 0 Å². The Morgan fingerprint density at radius 1 is 1.29 bits per heavy atom. The molecule has 1 amide bonds. The number of aromatic nitrogens is 2. The highest BCUT2D eigenvalue weighted by molar-refractivity contribution is 7.99. The zero-order valence-corrected chi connectivity index (χ0v) is 17.8. The first kappa shape index (κ1) is 22.4.